The molecule has 34 heavy (non-hydrogen) atoms. The predicted molar refractivity (Wildman–Crippen MR) is 126 cm³/mol. The smallest absolute Gasteiger partial charge is 0.248 e. The average Bonchev–Trinajstić information content (AvgIpc) is 3.55. The first-order chi connectivity index (χ1) is 16.6. The fourth-order valence-electron chi connectivity index (χ4n) is 4.36. The van der Waals surface area contributed by atoms with E-state index < -0.39 is 5.91 Å². The quantitative estimate of drug-likeness (QED) is 0.346. The molecule has 1 amide bonds. The molecule has 0 saturated heterocycles. The number of aromatic nitrogens is 4. The highest BCUT2D eigenvalue weighted by molar-refractivity contribution is 6.10. The number of carbonyl (C=O) groups is 1. The van der Waals surface area contributed by atoms with E-state index in [4.69, 9.17) is 20.4 Å². The van der Waals surface area contributed by atoms with Gasteiger partial charge in [-0.2, -0.15) is 0 Å². The van der Waals surface area contributed by atoms with Crippen LogP contribution in [0, 0.1) is 5.82 Å². The lowest BCUT2D eigenvalue weighted by molar-refractivity contribution is 0.100. The van der Waals surface area contributed by atoms with Gasteiger partial charge in [0, 0.05) is 52.8 Å². The van der Waals surface area contributed by atoms with E-state index in [1.54, 1.807) is 36.7 Å². The fraction of sp³-hybridized carbons (Fsp3) is 0.120. The first kappa shape index (κ1) is 20.1. The molecule has 168 valence electrons. The molecule has 6 rings (SSSR count). The molecule has 2 aromatic carbocycles. The van der Waals surface area contributed by atoms with Gasteiger partial charge >= 0.3 is 0 Å². The molecule has 0 aliphatic carbocycles. The molecule has 0 spiro atoms. The van der Waals surface area contributed by atoms with Gasteiger partial charge in [0.05, 0.1) is 17.8 Å². The van der Waals surface area contributed by atoms with Crippen molar-refractivity contribution in [2.24, 2.45) is 5.73 Å². The molecule has 9 heteroatoms. The zero-order valence-corrected chi connectivity index (χ0v) is 17.9. The second kappa shape index (κ2) is 7.80. The Hall–Kier alpha value is -4.53. The van der Waals surface area contributed by atoms with Gasteiger partial charge in [0.25, 0.3) is 0 Å². The molecule has 4 heterocycles. The number of benzene rings is 2. The minimum Gasteiger partial charge on any atom is -0.493 e. The second-order valence-corrected chi connectivity index (χ2v) is 8.05. The number of amides is 1. The summed E-state index contributed by atoms with van der Waals surface area (Å²) in [5.74, 6) is 0.261. The molecule has 0 unspecified atom stereocenters. The van der Waals surface area contributed by atoms with Crippen LogP contribution < -0.4 is 15.8 Å². The van der Waals surface area contributed by atoms with Gasteiger partial charge in [-0.3, -0.25) is 4.79 Å². The van der Waals surface area contributed by atoms with Crippen LogP contribution in [-0.2, 0) is 13.0 Å². The number of nitrogens with two attached hydrogens (primary N) is 1. The number of nitrogens with one attached hydrogen (secondary N) is 2. The van der Waals surface area contributed by atoms with Crippen molar-refractivity contribution in [1.82, 2.24) is 19.9 Å². The van der Waals surface area contributed by atoms with Crippen LogP contribution in [0.4, 0.5) is 10.3 Å². The molecule has 0 bridgehead atoms. The van der Waals surface area contributed by atoms with Crippen molar-refractivity contribution in [3.8, 4) is 17.1 Å². The van der Waals surface area contributed by atoms with Crippen LogP contribution in [0.25, 0.3) is 33.2 Å². The van der Waals surface area contributed by atoms with E-state index >= 15 is 0 Å². The SMILES string of the molecule is NC(=O)c1ccc2c(c1)nc(-c1ccc[nH]1)c1nc(NCc3c(F)ccc4c3CCO4)ncc12. The van der Waals surface area contributed by atoms with E-state index in [1.165, 1.54) is 6.07 Å². The highest BCUT2D eigenvalue weighted by Crippen LogP contribution is 2.33. The van der Waals surface area contributed by atoms with Crippen molar-refractivity contribution in [2.75, 3.05) is 11.9 Å². The number of H-pyrrole nitrogens is 1. The van der Waals surface area contributed by atoms with E-state index in [9.17, 15) is 9.18 Å². The third kappa shape index (κ3) is 3.29. The number of aromatic amines is 1. The van der Waals surface area contributed by atoms with Crippen LogP contribution in [0.5, 0.6) is 5.75 Å². The summed E-state index contributed by atoms with van der Waals surface area (Å²) in [6.45, 7) is 0.776. The van der Waals surface area contributed by atoms with Gasteiger partial charge in [-0.15, -0.1) is 0 Å². The Morgan fingerprint density at radius 3 is 2.91 bits per heavy atom. The van der Waals surface area contributed by atoms with E-state index in [-0.39, 0.29) is 12.4 Å². The number of halogens is 1. The summed E-state index contributed by atoms with van der Waals surface area (Å²) in [7, 11) is 0. The molecule has 1 aliphatic heterocycles. The highest BCUT2D eigenvalue weighted by Gasteiger charge is 2.20. The number of hydrogen-bond donors (Lipinski definition) is 3. The minimum absolute atomic E-state index is 0.227. The number of pyridine rings is 1. The maximum Gasteiger partial charge on any atom is 0.248 e. The number of ether oxygens (including phenoxy) is 1. The number of primary amides is 1. The molecule has 4 N–H and O–H groups in total. The van der Waals surface area contributed by atoms with Gasteiger partial charge < -0.3 is 20.8 Å². The van der Waals surface area contributed by atoms with Gasteiger partial charge in [0.15, 0.2) is 0 Å². The lowest BCUT2D eigenvalue weighted by atomic mass is 10.0. The highest BCUT2D eigenvalue weighted by atomic mass is 19.1. The Bertz CT molecular complexity index is 1580. The topological polar surface area (TPSA) is 119 Å². The molecule has 5 aromatic rings. The van der Waals surface area contributed by atoms with Crippen molar-refractivity contribution in [2.45, 2.75) is 13.0 Å². The van der Waals surface area contributed by atoms with Crippen molar-refractivity contribution in [3.63, 3.8) is 0 Å². The number of nitrogens with zero attached hydrogens (tertiary/aromatic N) is 3. The molecule has 1 aliphatic rings. The van der Waals surface area contributed by atoms with Crippen molar-refractivity contribution >= 4 is 33.7 Å². The van der Waals surface area contributed by atoms with Gasteiger partial charge in [-0.05, 0) is 36.4 Å². The molecular weight excluding hydrogens is 435 g/mol. The summed E-state index contributed by atoms with van der Waals surface area (Å²) < 4.78 is 20.1. The maximum absolute atomic E-state index is 14.5. The van der Waals surface area contributed by atoms with Gasteiger partial charge in [-0.1, -0.05) is 6.07 Å². The monoisotopic (exact) mass is 454 g/mol. The molecule has 0 radical (unpaired) electrons. The normalized spacial score (nSPS) is 12.6. The summed E-state index contributed by atoms with van der Waals surface area (Å²) in [6, 6.07) is 12.0. The lowest BCUT2D eigenvalue weighted by Gasteiger charge is -2.12. The number of carbonyl (C=O) groups excluding carboxylic acids is 1. The van der Waals surface area contributed by atoms with Crippen LogP contribution in [0.15, 0.2) is 54.9 Å². The Morgan fingerprint density at radius 1 is 1.18 bits per heavy atom. The van der Waals surface area contributed by atoms with E-state index in [1.807, 2.05) is 12.1 Å². The molecule has 0 saturated carbocycles. The number of fused-ring (bicyclic) bond motifs is 4. The summed E-state index contributed by atoms with van der Waals surface area (Å²) in [6.07, 6.45) is 4.18. The summed E-state index contributed by atoms with van der Waals surface area (Å²) >= 11 is 0. The summed E-state index contributed by atoms with van der Waals surface area (Å²) in [4.78, 5) is 28.8. The van der Waals surface area contributed by atoms with Crippen molar-refractivity contribution in [1.29, 1.82) is 0 Å². The van der Waals surface area contributed by atoms with Crippen molar-refractivity contribution < 1.29 is 13.9 Å². The minimum atomic E-state index is -0.522. The fourth-order valence-corrected chi connectivity index (χ4v) is 4.36. The van der Waals surface area contributed by atoms with Crippen LogP contribution in [0.2, 0.25) is 0 Å². The molecule has 3 aromatic heterocycles. The first-order valence-electron chi connectivity index (χ1n) is 10.8. The zero-order chi connectivity index (χ0) is 23.2. The Kier molecular flexibility index (Phi) is 4.61. The van der Waals surface area contributed by atoms with Crippen LogP contribution in [0.3, 0.4) is 0 Å². The number of anilines is 1. The average molecular weight is 454 g/mol. The van der Waals surface area contributed by atoms with E-state index in [0.717, 1.165) is 27.8 Å². The molecule has 0 atom stereocenters. The Balaban J connectivity index is 1.45. The largest absolute Gasteiger partial charge is 0.493 e. The molecule has 0 fully saturated rings. The molecule has 8 nitrogen and oxygen atoms in total. The first-order valence-corrected chi connectivity index (χ1v) is 10.8. The summed E-state index contributed by atoms with van der Waals surface area (Å²) in [5, 5.41) is 4.72. The maximum atomic E-state index is 14.5. The number of rotatable bonds is 5. The third-order valence-corrected chi connectivity index (χ3v) is 6.03. The second-order valence-electron chi connectivity index (χ2n) is 8.05. The van der Waals surface area contributed by atoms with Crippen molar-refractivity contribution in [3.05, 3.63) is 77.4 Å². The lowest BCUT2D eigenvalue weighted by Crippen LogP contribution is -2.10. The van der Waals surface area contributed by atoms with E-state index in [2.05, 4.69) is 15.3 Å². The van der Waals surface area contributed by atoms with E-state index in [0.29, 0.717) is 46.8 Å². The van der Waals surface area contributed by atoms with Crippen LogP contribution in [0.1, 0.15) is 21.5 Å². The standard InChI is InChI=1S/C25H19FN6O2/c26-18-5-6-21-15(7-9-34-21)16(18)11-29-25-30-12-17-14-4-3-13(24(27)33)10-20(14)31-23(22(17)32-25)19-2-1-8-28-19/h1-6,8,10,12,28H,7,9,11H2,(H2,27,33)(H,29,30,32). The summed E-state index contributed by atoms with van der Waals surface area (Å²) in [5.41, 5.74) is 9.87. The van der Waals surface area contributed by atoms with Gasteiger partial charge in [0.1, 0.15) is 22.8 Å². The number of hydrogen-bond acceptors (Lipinski definition) is 6. The Morgan fingerprint density at radius 2 is 2.09 bits per heavy atom. The van der Waals surface area contributed by atoms with Crippen LogP contribution >= 0.6 is 0 Å². The van der Waals surface area contributed by atoms with Crippen LogP contribution in [-0.4, -0.2) is 32.4 Å². The van der Waals surface area contributed by atoms with Gasteiger partial charge in [-0.25, -0.2) is 19.3 Å². The zero-order valence-electron chi connectivity index (χ0n) is 17.9. The Labute approximate surface area is 193 Å². The van der Waals surface area contributed by atoms with Gasteiger partial charge in [0.2, 0.25) is 11.9 Å². The third-order valence-electron chi connectivity index (χ3n) is 6.03. The predicted octanol–water partition coefficient (Wildman–Crippen LogP) is 3.96. The molecular formula is C25H19FN6O2.